The quantitative estimate of drug-likeness (QED) is 0.0517. The zero-order valence-electron chi connectivity index (χ0n) is 29.8. The van der Waals surface area contributed by atoms with Gasteiger partial charge in [-0.05, 0) is 129 Å². The van der Waals surface area contributed by atoms with Crippen LogP contribution in [0.4, 0.5) is 0 Å². The third-order valence-electron chi connectivity index (χ3n) is 11.1. The fourth-order valence-corrected chi connectivity index (χ4v) is 7.85. The summed E-state index contributed by atoms with van der Waals surface area (Å²) in [6.45, 7) is 11.1. The van der Waals surface area contributed by atoms with Crippen molar-refractivity contribution in [3.05, 3.63) is 95.1 Å². The number of esters is 1. The van der Waals surface area contributed by atoms with E-state index in [1.165, 1.54) is 94.6 Å². The lowest BCUT2D eigenvalue weighted by molar-refractivity contribution is -0.143. The number of aryl methyl sites for hydroxylation is 2. The van der Waals surface area contributed by atoms with Gasteiger partial charge < -0.3 is 19.7 Å². The molecule has 5 nitrogen and oxygen atoms in total. The first kappa shape index (κ1) is 38.1. The first-order valence-corrected chi connectivity index (χ1v) is 18.8. The van der Waals surface area contributed by atoms with E-state index in [1.54, 1.807) is 12.5 Å². The molecule has 2 N–H and O–H groups in total. The van der Waals surface area contributed by atoms with Crippen molar-refractivity contribution in [1.82, 2.24) is 0 Å². The van der Waals surface area contributed by atoms with Gasteiger partial charge in [-0.3, -0.25) is 0 Å². The molecule has 0 saturated heterocycles. The van der Waals surface area contributed by atoms with Crippen molar-refractivity contribution in [3.8, 4) is 0 Å². The highest BCUT2D eigenvalue weighted by atomic mass is 16.6. The lowest BCUT2D eigenvalue weighted by Crippen LogP contribution is -2.25. The number of rotatable bonds is 19. The van der Waals surface area contributed by atoms with E-state index in [0.717, 1.165) is 35.7 Å². The van der Waals surface area contributed by atoms with Gasteiger partial charge >= 0.3 is 5.97 Å². The van der Waals surface area contributed by atoms with Gasteiger partial charge in [0.25, 0.3) is 0 Å². The summed E-state index contributed by atoms with van der Waals surface area (Å²) in [6, 6.07) is 18.4. The number of hydrogen-bond acceptors (Lipinski definition) is 5. The van der Waals surface area contributed by atoms with Crippen LogP contribution in [-0.2, 0) is 33.5 Å². The monoisotopic (exact) mass is 658 g/mol. The molecular formula is C43H62O5. The van der Waals surface area contributed by atoms with Gasteiger partial charge in [-0.15, -0.1) is 0 Å². The molecule has 2 aromatic carbocycles. The average molecular weight is 659 g/mol. The summed E-state index contributed by atoms with van der Waals surface area (Å²) < 4.78 is 10.9. The highest BCUT2D eigenvalue weighted by Crippen LogP contribution is 2.44. The smallest absolute Gasteiger partial charge is 0.335 e. The molecule has 0 heterocycles. The van der Waals surface area contributed by atoms with Crippen LogP contribution >= 0.6 is 0 Å². The second-order valence-corrected chi connectivity index (χ2v) is 14.9. The van der Waals surface area contributed by atoms with Gasteiger partial charge in [0.2, 0.25) is 0 Å². The number of ether oxygens (including phenoxy) is 2. The van der Waals surface area contributed by atoms with Gasteiger partial charge in [-0.25, -0.2) is 4.79 Å². The molecule has 2 fully saturated rings. The summed E-state index contributed by atoms with van der Waals surface area (Å²) in [5.41, 5.74) is 6.11. The Balaban J connectivity index is 1.16. The summed E-state index contributed by atoms with van der Waals surface area (Å²) in [7, 11) is 0. The summed E-state index contributed by atoms with van der Waals surface area (Å²) in [5.74, 6) is 2.68. The zero-order valence-corrected chi connectivity index (χ0v) is 29.8. The van der Waals surface area contributed by atoms with Gasteiger partial charge in [-0.2, -0.15) is 0 Å². The minimum atomic E-state index is -1.06. The largest absolute Gasteiger partial charge is 0.462 e. The molecule has 2 aliphatic rings. The van der Waals surface area contributed by atoms with Crippen LogP contribution in [0.1, 0.15) is 119 Å². The van der Waals surface area contributed by atoms with E-state index in [0.29, 0.717) is 12.0 Å². The summed E-state index contributed by atoms with van der Waals surface area (Å²) >= 11 is 0. The SMILES string of the molecule is C=C(CO)C(=O)OCC(COC(O)C(=C)C)Cc1ccc(CCC2CCC(C3CCC(c4ccc(CCCCC)cc4)CC3)CC2)cc1. The average Bonchev–Trinajstić information content (AvgIpc) is 3.12. The van der Waals surface area contributed by atoms with Gasteiger partial charge in [0.15, 0.2) is 6.29 Å². The van der Waals surface area contributed by atoms with E-state index < -0.39 is 18.9 Å². The van der Waals surface area contributed by atoms with Crippen LogP contribution in [0.2, 0.25) is 0 Å². The summed E-state index contributed by atoms with van der Waals surface area (Å²) in [4.78, 5) is 12.0. The lowest BCUT2D eigenvalue weighted by Gasteiger charge is -2.38. The number of unbranched alkanes of at least 4 members (excludes halogenated alkanes) is 2. The Hall–Kier alpha value is -2.73. The third kappa shape index (κ3) is 12.3. The van der Waals surface area contributed by atoms with Gasteiger partial charge in [0.05, 0.1) is 25.4 Å². The predicted octanol–water partition coefficient (Wildman–Crippen LogP) is 9.29. The van der Waals surface area contributed by atoms with Crippen molar-refractivity contribution in [1.29, 1.82) is 0 Å². The zero-order chi connectivity index (χ0) is 34.3. The highest BCUT2D eigenvalue weighted by Gasteiger charge is 2.31. The first-order valence-electron chi connectivity index (χ1n) is 18.8. The number of aliphatic hydroxyl groups excluding tert-OH is 2. The maximum Gasteiger partial charge on any atom is 0.335 e. The maximum atomic E-state index is 12.0. The summed E-state index contributed by atoms with van der Waals surface area (Å²) in [5, 5.41) is 19.2. The molecule has 5 heteroatoms. The van der Waals surface area contributed by atoms with Crippen molar-refractivity contribution in [3.63, 3.8) is 0 Å². The van der Waals surface area contributed by atoms with Gasteiger partial charge in [0, 0.05) is 5.92 Å². The molecule has 48 heavy (non-hydrogen) atoms. The number of hydrogen-bond donors (Lipinski definition) is 2. The van der Waals surface area contributed by atoms with E-state index in [4.69, 9.17) is 14.6 Å². The van der Waals surface area contributed by atoms with Crippen molar-refractivity contribution in [2.45, 2.75) is 122 Å². The Kier molecular flexibility index (Phi) is 15.9. The van der Waals surface area contributed by atoms with E-state index >= 15 is 0 Å². The third-order valence-corrected chi connectivity index (χ3v) is 11.1. The van der Waals surface area contributed by atoms with Crippen LogP contribution in [-0.4, -0.2) is 42.3 Å². The number of carbonyl (C=O) groups excluding carboxylic acids is 1. The highest BCUT2D eigenvalue weighted by molar-refractivity contribution is 5.87. The number of carbonyl (C=O) groups is 1. The van der Waals surface area contributed by atoms with E-state index in [9.17, 15) is 9.90 Å². The molecule has 4 rings (SSSR count). The molecule has 0 amide bonds. The van der Waals surface area contributed by atoms with Crippen molar-refractivity contribution in [2.24, 2.45) is 23.7 Å². The molecule has 0 bridgehead atoms. The second-order valence-electron chi connectivity index (χ2n) is 14.9. The maximum absolute atomic E-state index is 12.0. The Morgan fingerprint density at radius 3 is 2.00 bits per heavy atom. The Bertz CT molecular complexity index is 1250. The topological polar surface area (TPSA) is 76.0 Å². The van der Waals surface area contributed by atoms with Crippen LogP contribution in [0.3, 0.4) is 0 Å². The Morgan fingerprint density at radius 2 is 1.40 bits per heavy atom. The van der Waals surface area contributed by atoms with Crippen molar-refractivity contribution >= 4 is 5.97 Å². The fraction of sp³-hybridized carbons (Fsp3) is 0.605. The summed E-state index contributed by atoms with van der Waals surface area (Å²) in [6.07, 6.45) is 18.2. The molecule has 2 saturated carbocycles. The van der Waals surface area contributed by atoms with E-state index in [-0.39, 0.29) is 24.7 Å². The number of benzene rings is 2. The molecule has 264 valence electrons. The van der Waals surface area contributed by atoms with Crippen LogP contribution in [0, 0.1) is 23.7 Å². The van der Waals surface area contributed by atoms with Gasteiger partial charge in [-0.1, -0.05) is 94.3 Å². The number of aliphatic hydroxyl groups is 2. The Labute approximate surface area is 290 Å². The molecule has 2 aromatic rings. The minimum absolute atomic E-state index is 0.0201. The van der Waals surface area contributed by atoms with E-state index in [2.05, 4.69) is 68.6 Å². The van der Waals surface area contributed by atoms with Crippen LogP contribution in [0.15, 0.2) is 72.8 Å². The van der Waals surface area contributed by atoms with Crippen LogP contribution in [0.25, 0.3) is 0 Å². The standard InChI is InChI=1S/C43H62O5/c1-5-6-7-8-33-15-19-38(20-16-33)40-23-25-41(26-24-40)39-21-17-35(18-22-39)10-9-34-11-13-36(14-12-34)27-37(29-47-42(45)31(2)3)30-48-43(46)32(4)28-44/h11-16,19-20,35,37,39-42,44-45H,2,4-10,17-18,21-30H2,1,3H3. The molecule has 2 atom stereocenters. The molecule has 0 aliphatic heterocycles. The molecule has 0 radical (unpaired) electrons. The lowest BCUT2D eigenvalue weighted by atomic mass is 9.68. The van der Waals surface area contributed by atoms with Crippen molar-refractivity contribution < 1.29 is 24.5 Å². The molecular weight excluding hydrogens is 596 g/mol. The normalized spacial score (nSPS) is 22.5. The molecule has 2 unspecified atom stereocenters. The minimum Gasteiger partial charge on any atom is -0.462 e. The van der Waals surface area contributed by atoms with Gasteiger partial charge in [0.1, 0.15) is 0 Å². The Morgan fingerprint density at radius 1 is 0.812 bits per heavy atom. The van der Waals surface area contributed by atoms with Crippen molar-refractivity contribution in [2.75, 3.05) is 19.8 Å². The van der Waals surface area contributed by atoms with Crippen LogP contribution in [0.5, 0.6) is 0 Å². The molecule has 0 spiro atoms. The van der Waals surface area contributed by atoms with Crippen LogP contribution < -0.4 is 0 Å². The molecule has 2 aliphatic carbocycles. The fourth-order valence-electron chi connectivity index (χ4n) is 7.85. The second kappa shape index (κ2) is 20.1. The predicted molar refractivity (Wildman–Crippen MR) is 196 cm³/mol. The molecule has 0 aromatic heterocycles. The van der Waals surface area contributed by atoms with E-state index in [1.807, 2.05) is 0 Å². The first-order chi connectivity index (χ1) is 23.2.